The van der Waals surface area contributed by atoms with Crippen LogP contribution in [0.4, 0.5) is 5.13 Å². The van der Waals surface area contributed by atoms with Gasteiger partial charge in [0.15, 0.2) is 11.0 Å². The number of aromatic nitrogens is 5. The number of carbonyl (C=O) groups excluding carboxylic acids is 1. The molecule has 0 aliphatic carbocycles. The summed E-state index contributed by atoms with van der Waals surface area (Å²) < 4.78 is 7.59. The number of aryl methyl sites for hydroxylation is 2. The number of thioether (sulfide) groups is 1. The van der Waals surface area contributed by atoms with E-state index in [2.05, 4.69) is 25.7 Å². The van der Waals surface area contributed by atoms with Crippen molar-refractivity contribution in [2.45, 2.75) is 32.0 Å². The van der Waals surface area contributed by atoms with E-state index >= 15 is 0 Å². The van der Waals surface area contributed by atoms with Crippen LogP contribution < -0.4 is 10.1 Å². The molecule has 0 fully saturated rings. The predicted molar refractivity (Wildman–Crippen MR) is 105 cm³/mol. The first-order valence-electron chi connectivity index (χ1n) is 8.38. The molecule has 0 radical (unpaired) electrons. The van der Waals surface area contributed by atoms with E-state index in [0.29, 0.717) is 22.7 Å². The van der Waals surface area contributed by atoms with Gasteiger partial charge in [-0.15, -0.1) is 20.4 Å². The van der Waals surface area contributed by atoms with Gasteiger partial charge in [-0.2, -0.15) is 0 Å². The summed E-state index contributed by atoms with van der Waals surface area (Å²) in [6, 6.07) is 7.83. The molecule has 8 nitrogen and oxygen atoms in total. The van der Waals surface area contributed by atoms with Crippen molar-refractivity contribution in [1.29, 1.82) is 0 Å². The second-order valence-corrected chi connectivity index (χ2v) is 7.76. The van der Waals surface area contributed by atoms with Gasteiger partial charge >= 0.3 is 0 Å². The van der Waals surface area contributed by atoms with Gasteiger partial charge in [0.2, 0.25) is 11.0 Å². The molecule has 3 aromatic rings. The number of rotatable bonds is 8. The first-order valence-corrected chi connectivity index (χ1v) is 10.2. The number of nitrogens with one attached hydrogen (secondary N) is 1. The molecule has 0 aliphatic heterocycles. The van der Waals surface area contributed by atoms with Crippen molar-refractivity contribution in [3.05, 3.63) is 40.7 Å². The maximum atomic E-state index is 12.1. The van der Waals surface area contributed by atoms with Gasteiger partial charge in [0.25, 0.3) is 0 Å². The maximum absolute atomic E-state index is 12.1. The summed E-state index contributed by atoms with van der Waals surface area (Å²) in [4.78, 5) is 12.1. The summed E-state index contributed by atoms with van der Waals surface area (Å²) in [6.07, 6.45) is 0.800. The molecule has 0 atom stereocenters. The zero-order valence-electron chi connectivity index (χ0n) is 15.3. The standard InChI is InChI=1S/C17H20N6O2S2/c1-4-15-20-21-16(27-15)18-14(24)10-26-17-22-19-13(23(17)3)9-25-12-7-5-6-11(2)8-12/h5-8H,4,9-10H2,1-3H3,(H,18,21,24). The van der Waals surface area contributed by atoms with E-state index in [1.54, 1.807) is 0 Å². The van der Waals surface area contributed by atoms with Crippen molar-refractivity contribution >= 4 is 34.1 Å². The Morgan fingerprint density at radius 1 is 1.30 bits per heavy atom. The topological polar surface area (TPSA) is 94.8 Å². The van der Waals surface area contributed by atoms with Crippen LogP contribution in [0.3, 0.4) is 0 Å². The van der Waals surface area contributed by atoms with Gasteiger partial charge < -0.3 is 9.30 Å². The number of ether oxygens (including phenoxy) is 1. The number of benzene rings is 1. The van der Waals surface area contributed by atoms with Gasteiger partial charge in [0.05, 0.1) is 5.75 Å². The molecule has 0 spiro atoms. The number of nitrogens with zero attached hydrogens (tertiary/aromatic N) is 5. The first-order chi connectivity index (χ1) is 13.0. The van der Waals surface area contributed by atoms with Crippen molar-refractivity contribution in [3.8, 4) is 5.75 Å². The summed E-state index contributed by atoms with van der Waals surface area (Å²) >= 11 is 2.69. The average molecular weight is 405 g/mol. The number of hydrogen-bond donors (Lipinski definition) is 1. The summed E-state index contributed by atoms with van der Waals surface area (Å²) in [5.41, 5.74) is 1.13. The lowest BCUT2D eigenvalue weighted by atomic mass is 10.2. The van der Waals surface area contributed by atoms with Crippen LogP contribution in [0.25, 0.3) is 0 Å². The van der Waals surface area contributed by atoms with Gasteiger partial charge in [-0.25, -0.2) is 0 Å². The van der Waals surface area contributed by atoms with Crippen molar-refractivity contribution in [2.24, 2.45) is 7.05 Å². The minimum Gasteiger partial charge on any atom is -0.486 e. The minimum atomic E-state index is -0.153. The summed E-state index contributed by atoms with van der Waals surface area (Å²) in [6.45, 7) is 4.32. The quantitative estimate of drug-likeness (QED) is 0.577. The van der Waals surface area contributed by atoms with E-state index in [0.717, 1.165) is 22.7 Å². The fraction of sp³-hybridized carbons (Fsp3) is 0.353. The van der Waals surface area contributed by atoms with Gasteiger partial charge in [-0.1, -0.05) is 42.2 Å². The number of anilines is 1. The Kier molecular flexibility index (Phi) is 6.40. The summed E-state index contributed by atoms with van der Waals surface area (Å²) in [7, 11) is 1.85. The van der Waals surface area contributed by atoms with Crippen LogP contribution in [0, 0.1) is 6.92 Å². The van der Waals surface area contributed by atoms with Crippen LogP contribution >= 0.6 is 23.1 Å². The Hall–Kier alpha value is -2.46. The van der Waals surface area contributed by atoms with Crippen molar-refractivity contribution in [2.75, 3.05) is 11.1 Å². The molecule has 0 saturated carbocycles. The Bertz CT molecular complexity index is 924. The minimum absolute atomic E-state index is 0.153. The zero-order valence-corrected chi connectivity index (χ0v) is 16.9. The molecule has 0 bridgehead atoms. The third kappa shape index (κ3) is 5.27. The Balaban J connectivity index is 1.51. The highest BCUT2D eigenvalue weighted by atomic mass is 32.2. The molecular formula is C17H20N6O2S2. The summed E-state index contributed by atoms with van der Waals surface area (Å²) in [5.74, 6) is 1.54. The molecule has 2 heterocycles. The van der Waals surface area contributed by atoms with Crippen LogP contribution in [0.15, 0.2) is 29.4 Å². The smallest absolute Gasteiger partial charge is 0.236 e. The maximum Gasteiger partial charge on any atom is 0.236 e. The lowest BCUT2D eigenvalue weighted by Gasteiger charge is -2.07. The Morgan fingerprint density at radius 2 is 2.15 bits per heavy atom. The van der Waals surface area contributed by atoms with Crippen LogP contribution in [-0.2, 0) is 24.9 Å². The van der Waals surface area contributed by atoms with E-state index in [9.17, 15) is 4.79 Å². The Labute approximate surface area is 165 Å². The third-order valence-electron chi connectivity index (χ3n) is 3.63. The fourth-order valence-corrected chi connectivity index (χ4v) is 3.61. The van der Waals surface area contributed by atoms with E-state index in [1.165, 1.54) is 23.1 Å². The molecule has 1 aromatic carbocycles. The van der Waals surface area contributed by atoms with E-state index in [-0.39, 0.29) is 11.7 Å². The third-order valence-corrected chi connectivity index (χ3v) is 5.63. The van der Waals surface area contributed by atoms with Crippen LogP contribution in [-0.4, -0.2) is 36.6 Å². The highest BCUT2D eigenvalue weighted by Gasteiger charge is 2.13. The van der Waals surface area contributed by atoms with Gasteiger partial charge in [0, 0.05) is 7.05 Å². The van der Waals surface area contributed by atoms with Crippen LogP contribution in [0.1, 0.15) is 23.3 Å². The van der Waals surface area contributed by atoms with Crippen molar-refractivity contribution in [3.63, 3.8) is 0 Å². The highest BCUT2D eigenvalue weighted by Crippen LogP contribution is 2.19. The monoisotopic (exact) mass is 404 g/mol. The molecule has 2 aromatic heterocycles. The van der Waals surface area contributed by atoms with E-state index in [1.807, 2.05) is 49.7 Å². The number of amides is 1. The van der Waals surface area contributed by atoms with Crippen molar-refractivity contribution < 1.29 is 9.53 Å². The second-order valence-electron chi connectivity index (χ2n) is 5.75. The first kappa shape index (κ1) is 19.3. The highest BCUT2D eigenvalue weighted by molar-refractivity contribution is 7.99. The molecule has 1 amide bonds. The van der Waals surface area contributed by atoms with Gasteiger partial charge in [-0.3, -0.25) is 10.1 Å². The molecule has 0 saturated heterocycles. The molecule has 10 heteroatoms. The molecule has 0 aliphatic rings. The lowest BCUT2D eigenvalue weighted by molar-refractivity contribution is -0.113. The number of hydrogen-bond acceptors (Lipinski definition) is 8. The van der Waals surface area contributed by atoms with E-state index < -0.39 is 0 Å². The molecule has 1 N–H and O–H groups in total. The molecule has 27 heavy (non-hydrogen) atoms. The number of carbonyl (C=O) groups is 1. The average Bonchev–Trinajstić information content (AvgIpc) is 3.25. The second kappa shape index (κ2) is 8.96. The zero-order chi connectivity index (χ0) is 19.2. The van der Waals surface area contributed by atoms with Crippen LogP contribution in [0.2, 0.25) is 0 Å². The largest absolute Gasteiger partial charge is 0.486 e. The molecule has 3 rings (SSSR count). The lowest BCUT2D eigenvalue weighted by Crippen LogP contribution is -2.14. The Morgan fingerprint density at radius 3 is 2.89 bits per heavy atom. The summed E-state index contributed by atoms with van der Waals surface area (Å²) in [5, 5.41) is 21.0. The van der Waals surface area contributed by atoms with Gasteiger partial charge in [-0.05, 0) is 31.0 Å². The van der Waals surface area contributed by atoms with Crippen LogP contribution in [0.5, 0.6) is 5.75 Å². The van der Waals surface area contributed by atoms with Gasteiger partial charge in [0.1, 0.15) is 17.4 Å². The van der Waals surface area contributed by atoms with Crippen molar-refractivity contribution in [1.82, 2.24) is 25.0 Å². The molecule has 0 unspecified atom stereocenters. The molecule has 142 valence electrons. The molecular weight excluding hydrogens is 384 g/mol. The fourth-order valence-electron chi connectivity index (χ4n) is 2.18. The predicted octanol–water partition coefficient (Wildman–Crippen LogP) is 2.85. The normalized spacial score (nSPS) is 10.8. The SMILES string of the molecule is CCc1nnc(NC(=O)CSc2nnc(COc3cccc(C)c3)n2C)s1. The van der Waals surface area contributed by atoms with E-state index in [4.69, 9.17) is 4.74 Å².